The van der Waals surface area contributed by atoms with Gasteiger partial charge in [0.1, 0.15) is 0 Å². The van der Waals surface area contributed by atoms with E-state index in [1.165, 1.54) is 0 Å². The number of benzene rings is 2. The van der Waals surface area contributed by atoms with Crippen LogP contribution < -0.4 is 10.0 Å². The Kier molecular flexibility index (Phi) is 6.52. The molecule has 3 aromatic rings. The van der Waals surface area contributed by atoms with Crippen molar-refractivity contribution in [2.24, 2.45) is 0 Å². The first-order valence-electron chi connectivity index (χ1n) is 10.3. The topological polar surface area (TPSA) is 97.1 Å². The largest absolute Gasteiger partial charge is 0.415 e. The molecule has 2 heterocycles. The number of nitrogens with zero attached hydrogens (tertiary/aromatic N) is 2. The molecular weight excluding hydrogens is 438 g/mol. The number of para-hydroxylation sites is 1. The van der Waals surface area contributed by atoms with E-state index < -0.39 is 27.6 Å². The van der Waals surface area contributed by atoms with E-state index in [9.17, 15) is 17.2 Å². The van der Waals surface area contributed by atoms with Crippen molar-refractivity contribution in [3.8, 4) is 11.5 Å². The van der Waals surface area contributed by atoms with Gasteiger partial charge in [-0.25, -0.2) is 8.42 Å². The SMILES string of the molecule is Cc1cccc(Cc2ccc(-c3nnc(C(F)F)o3)cc2)c1NS(=O)(=O)C1CCNCC1. The molecule has 1 aliphatic rings. The lowest BCUT2D eigenvalue weighted by Crippen LogP contribution is -2.38. The third-order valence-electron chi connectivity index (χ3n) is 5.55. The second-order valence-electron chi connectivity index (χ2n) is 7.83. The molecule has 0 amide bonds. The molecule has 1 saturated heterocycles. The monoisotopic (exact) mass is 462 g/mol. The third kappa shape index (κ3) is 4.97. The van der Waals surface area contributed by atoms with Gasteiger partial charge in [-0.05, 0) is 68.1 Å². The molecule has 0 unspecified atom stereocenters. The molecule has 7 nitrogen and oxygen atoms in total. The van der Waals surface area contributed by atoms with Gasteiger partial charge in [-0.3, -0.25) is 4.72 Å². The lowest BCUT2D eigenvalue weighted by molar-refractivity contribution is 0.116. The van der Waals surface area contributed by atoms with E-state index in [4.69, 9.17) is 4.42 Å². The minimum absolute atomic E-state index is 0.0258. The molecule has 10 heteroatoms. The number of hydrogen-bond donors (Lipinski definition) is 2. The van der Waals surface area contributed by atoms with E-state index in [1.54, 1.807) is 12.1 Å². The molecule has 1 aromatic heterocycles. The van der Waals surface area contributed by atoms with Gasteiger partial charge in [0.25, 0.3) is 5.89 Å². The molecule has 0 saturated carbocycles. The number of aryl methyl sites for hydroxylation is 1. The Bertz CT molecular complexity index is 1170. The van der Waals surface area contributed by atoms with Crippen LogP contribution in [-0.2, 0) is 16.4 Å². The maximum absolute atomic E-state index is 12.9. The molecule has 1 fully saturated rings. The van der Waals surface area contributed by atoms with Gasteiger partial charge in [-0.1, -0.05) is 30.3 Å². The lowest BCUT2D eigenvalue weighted by Gasteiger charge is -2.24. The van der Waals surface area contributed by atoms with Crippen LogP contribution in [0.25, 0.3) is 11.5 Å². The van der Waals surface area contributed by atoms with E-state index in [2.05, 4.69) is 20.2 Å². The summed E-state index contributed by atoms with van der Waals surface area (Å²) in [5.74, 6) is -0.688. The van der Waals surface area contributed by atoms with Gasteiger partial charge < -0.3 is 9.73 Å². The highest BCUT2D eigenvalue weighted by atomic mass is 32.2. The smallest absolute Gasteiger partial charge is 0.314 e. The second kappa shape index (κ2) is 9.33. The second-order valence-corrected chi connectivity index (χ2v) is 9.79. The fourth-order valence-electron chi connectivity index (χ4n) is 3.78. The number of anilines is 1. The first-order valence-corrected chi connectivity index (χ1v) is 11.9. The molecule has 1 aliphatic heterocycles. The molecule has 170 valence electrons. The highest BCUT2D eigenvalue weighted by molar-refractivity contribution is 7.93. The fourth-order valence-corrected chi connectivity index (χ4v) is 5.38. The number of halogens is 2. The zero-order chi connectivity index (χ0) is 22.7. The van der Waals surface area contributed by atoms with Crippen molar-refractivity contribution < 1.29 is 21.6 Å². The Hall–Kier alpha value is -2.85. The summed E-state index contributed by atoms with van der Waals surface area (Å²) in [6, 6.07) is 12.8. The molecule has 0 atom stereocenters. The Morgan fingerprint density at radius 3 is 2.50 bits per heavy atom. The highest BCUT2D eigenvalue weighted by Crippen LogP contribution is 2.28. The van der Waals surface area contributed by atoms with Crippen LogP contribution >= 0.6 is 0 Å². The molecule has 2 aromatic carbocycles. The van der Waals surface area contributed by atoms with Crippen molar-refractivity contribution in [3.05, 3.63) is 65.0 Å². The van der Waals surface area contributed by atoms with Crippen LogP contribution in [0.2, 0.25) is 0 Å². The number of piperidine rings is 1. The summed E-state index contributed by atoms with van der Waals surface area (Å²) >= 11 is 0. The molecule has 4 rings (SSSR count). The van der Waals surface area contributed by atoms with Crippen LogP contribution in [0.15, 0.2) is 46.9 Å². The van der Waals surface area contributed by atoms with E-state index in [0.717, 1.165) is 16.7 Å². The molecule has 0 spiro atoms. The fraction of sp³-hybridized carbons (Fsp3) is 0.364. The van der Waals surface area contributed by atoms with Crippen LogP contribution in [0.1, 0.15) is 41.8 Å². The van der Waals surface area contributed by atoms with Gasteiger partial charge in [-0.15, -0.1) is 10.2 Å². The Balaban J connectivity index is 1.54. The number of alkyl halides is 2. The summed E-state index contributed by atoms with van der Waals surface area (Å²) in [6.45, 7) is 3.26. The Morgan fingerprint density at radius 2 is 1.84 bits per heavy atom. The summed E-state index contributed by atoms with van der Waals surface area (Å²) in [7, 11) is -3.50. The first kappa shape index (κ1) is 22.3. The summed E-state index contributed by atoms with van der Waals surface area (Å²) in [6.07, 6.45) is -1.15. The molecule has 32 heavy (non-hydrogen) atoms. The van der Waals surface area contributed by atoms with Crippen molar-refractivity contribution >= 4 is 15.7 Å². The highest BCUT2D eigenvalue weighted by Gasteiger charge is 2.28. The maximum Gasteiger partial charge on any atom is 0.314 e. The predicted octanol–water partition coefficient (Wildman–Crippen LogP) is 4.07. The predicted molar refractivity (Wildman–Crippen MR) is 117 cm³/mol. The summed E-state index contributed by atoms with van der Waals surface area (Å²) < 4.78 is 59.0. The third-order valence-corrected chi connectivity index (χ3v) is 7.39. The van der Waals surface area contributed by atoms with E-state index in [1.807, 2.05) is 37.3 Å². The van der Waals surface area contributed by atoms with E-state index in [-0.39, 0.29) is 5.89 Å². The normalized spacial score (nSPS) is 15.2. The Labute approximate surface area is 185 Å². The van der Waals surface area contributed by atoms with E-state index in [0.29, 0.717) is 43.6 Å². The zero-order valence-corrected chi connectivity index (χ0v) is 18.3. The molecular formula is C22H24F2N4O3S. The molecule has 0 radical (unpaired) electrons. The van der Waals surface area contributed by atoms with E-state index >= 15 is 0 Å². The maximum atomic E-state index is 12.9. The summed E-state index contributed by atoms with van der Waals surface area (Å²) in [5, 5.41) is 9.77. The van der Waals surface area contributed by atoms with Gasteiger partial charge in [0, 0.05) is 5.56 Å². The minimum Gasteiger partial charge on any atom is -0.415 e. The molecule has 2 N–H and O–H groups in total. The van der Waals surface area contributed by atoms with Crippen molar-refractivity contribution in [1.82, 2.24) is 15.5 Å². The van der Waals surface area contributed by atoms with Gasteiger partial charge in [-0.2, -0.15) is 8.78 Å². The number of hydrogen-bond acceptors (Lipinski definition) is 6. The standard InChI is InChI=1S/C22H24F2N4O3S/c1-14-3-2-4-17(19(14)28-32(29,30)18-9-11-25-12-10-18)13-15-5-7-16(8-6-15)21-26-27-22(31-21)20(23)24/h2-8,18,20,25,28H,9-13H2,1H3. The van der Waals surface area contributed by atoms with Crippen molar-refractivity contribution in [2.45, 2.75) is 37.9 Å². The van der Waals surface area contributed by atoms with Crippen molar-refractivity contribution in [2.75, 3.05) is 17.8 Å². The van der Waals surface area contributed by atoms with Crippen molar-refractivity contribution in [3.63, 3.8) is 0 Å². The number of sulfonamides is 1. The van der Waals surface area contributed by atoms with Gasteiger partial charge >= 0.3 is 6.43 Å². The zero-order valence-electron chi connectivity index (χ0n) is 17.5. The van der Waals surface area contributed by atoms with Crippen molar-refractivity contribution in [1.29, 1.82) is 0 Å². The van der Waals surface area contributed by atoms with Crippen LogP contribution in [0, 0.1) is 6.92 Å². The molecule has 0 aliphatic carbocycles. The van der Waals surface area contributed by atoms with Crippen LogP contribution in [0.3, 0.4) is 0 Å². The van der Waals surface area contributed by atoms with Crippen LogP contribution in [0.5, 0.6) is 0 Å². The summed E-state index contributed by atoms with van der Waals surface area (Å²) in [5.41, 5.74) is 3.77. The number of nitrogens with one attached hydrogen (secondary N) is 2. The molecule has 0 bridgehead atoms. The van der Waals surface area contributed by atoms with Gasteiger partial charge in [0.15, 0.2) is 0 Å². The summed E-state index contributed by atoms with van der Waals surface area (Å²) in [4.78, 5) is 0. The first-order chi connectivity index (χ1) is 15.3. The Morgan fingerprint density at radius 1 is 1.12 bits per heavy atom. The lowest BCUT2D eigenvalue weighted by atomic mass is 10.00. The van der Waals surface area contributed by atoms with Gasteiger partial charge in [0.2, 0.25) is 15.9 Å². The quantitative estimate of drug-likeness (QED) is 0.550. The minimum atomic E-state index is -3.50. The average Bonchev–Trinajstić information content (AvgIpc) is 3.28. The van der Waals surface area contributed by atoms with Crippen LogP contribution in [-0.4, -0.2) is 37.0 Å². The van der Waals surface area contributed by atoms with Gasteiger partial charge in [0.05, 0.1) is 10.9 Å². The number of aromatic nitrogens is 2. The average molecular weight is 463 g/mol. The number of rotatable bonds is 7. The van der Waals surface area contributed by atoms with Crippen LogP contribution in [0.4, 0.5) is 14.5 Å².